The zero-order valence-electron chi connectivity index (χ0n) is 11.7. The normalized spacial score (nSPS) is 34.8. The number of hydrogen-bond acceptors (Lipinski definition) is 0. The number of allylic oxidation sites excluding steroid dienone is 2. The first-order valence-electron chi connectivity index (χ1n) is 8.01. The van der Waals surface area contributed by atoms with Crippen LogP contribution in [0, 0.1) is 11.8 Å². The van der Waals surface area contributed by atoms with Crippen molar-refractivity contribution in [2.24, 2.45) is 11.8 Å². The van der Waals surface area contributed by atoms with E-state index in [9.17, 15) is 0 Å². The molecule has 2 aromatic rings. The predicted octanol–water partition coefficient (Wildman–Crippen LogP) is 2.25. The molecule has 0 spiro atoms. The predicted molar refractivity (Wildman–Crippen MR) is 80.8 cm³/mol. The van der Waals surface area contributed by atoms with Gasteiger partial charge in [0.15, 0.2) is 0 Å². The molecule has 1 unspecified atom stereocenters. The molecule has 2 aliphatic heterocycles. The number of quaternary nitrogens is 1. The third-order valence-electron chi connectivity index (χ3n) is 5.87. The second-order valence-electron chi connectivity index (χ2n) is 6.77. The van der Waals surface area contributed by atoms with Crippen molar-refractivity contribution in [1.82, 2.24) is 4.98 Å². The Morgan fingerprint density at radius 2 is 2.00 bits per heavy atom. The summed E-state index contributed by atoms with van der Waals surface area (Å²) in [6, 6.07) is 9.58. The van der Waals surface area contributed by atoms with Gasteiger partial charge in [0, 0.05) is 29.2 Å². The summed E-state index contributed by atoms with van der Waals surface area (Å²) in [4.78, 5) is 5.61. The molecule has 0 radical (unpaired) electrons. The number of nitrogens with one attached hydrogen (secondary N) is 2. The largest absolute Gasteiger partial charge is 0.353 e. The summed E-state index contributed by atoms with van der Waals surface area (Å²) in [5, 5.41) is 1.47. The fourth-order valence-electron chi connectivity index (χ4n) is 5.02. The van der Waals surface area contributed by atoms with Crippen molar-refractivity contribution in [3.63, 3.8) is 0 Å². The molecule has 20 heavy (non-hydrogen) atoms. The molecule has 2 nitrogen and oxygen atoms in total. The first-order valence-corrected chi connectivity index (χ1v) is 8.01. The van der Waals surface area contributed by atoms with Crippen LogP contribution in [0.1, 0.15) is 30.1 Å². The van der Waals surface area contributed by atoms with Gasteiger partial charge < -0.3 is 9.88 Å². The second-order valence-corrected chi connectivity index (χ2v) is 6.77. The lowest BCUT2D eigenvalue weighted by atomic mass is 9.80. The van der Waals surface area contributed by atoms with E-state index in [1.165, 1.54) is 43.3 Å². The fraction of sp³-hybridized carbons (Fsp3) is 0.444. The Morgan fingerprint density at radius 3 is 3.00 bits per heavy atom. The van der Waals surface area contributed by atoms with Crippen LogP contribution in [-0.2, 0) is 6.42 Å². The molecule has 1 aromatic heterocycles. The number of fused-ring (bicyclic) bond motifs is 7. The van der Waals surface area contributed by atoms with Crippen LogP contribution in [0.25, 0.3) is 10.9 Å². The molecule has 102 valence electrons. The van der Waals surface area contributed by atoms with E-state index in [2.05, 4.69) is 41.4 Å². The Bertz CT molecular complexity index is 697. The summed E-state index contributed by atoms with van der Waals surface area (Å²) >= 11 is 0. The molecule has 0 saturated carbocycles. The second kappa shape index (κ2) is 3.98. The highest BCUT2D eigenvalue weighted by Crippen LogP contribution is 2.41. The minimum Gasteiger partial charge on any atom is -0.353 e. The highest BCUT2D eigenvalue weighted by molar-refractivity contribution is 5.85. The van der Waals surface area contributed by atoms with Gasteiger partial charge in [0.1, 0.15) is 6.04 Å². The standard InChI is InChI=1S/C18H20N2/c1-2-6-13-12(5-1)11-20-10-9-15-14-7-3-4-8-16(14)19-17(15)18(13)20/h1-4,7-8,12-13,18-19H,5-6,9-11H2/p+1/t12-,13+,18-/m1/s1. The zero-order valence-corrected chi connectivity index (χ0v) is 11.7. The van der Waals surface area contributed by atoms with Crippen molar-refractivity contribution >= 4 is 10.9 Å². The average molecular weight is 265 g/mol. The van der Waals surface area contributed by atoms with Gasteiger partial charge in [-0.1, -0.05) is 30.4 Å². The molecule has 2 N–H and O–H groups in total. The number of hydrogen-bond donors (Lipinski definition) is 2. The van der Waals surface area contributed by atoms with Gasteiger partial charge in [-0.05, 0) is 24.5 Å². The first kappa shape index (κ1) is 11.2. The van der Waals surface area contributed by atoms with Crippen LogP contribution in [0.15, 0.2) is 36.4 Å². The number of H-pyrrole nitrogens is 1. The molecule has 1 saturated heterocycles. The smallest absolute Gasteiger partial charge is 0.132 e. The third-order valence-corrected chi connectivity index (χ3v) is 5.87. The van der Waals surface area contributed by atoms with Crippen LogP contribution in [0.4, 0.5) is 0 Å². The lowest BCUT2D eigenvalue weighted by molar-refractivity contribution is -0.923. The quantitative estimate of drug-likeness (QED) is 0.682. The van der Waals surface area contributed by atoms with Crippen molar-refractivity contribution in [2.45, 2.75) is 25.3 Å². The zero-order chi connectivity index (χ0) is 13.1. The summed E-state index contributed by atoms with van der Waals surface area (Å²) in [5.74, 6) is 1.78. The summed E-state index contributed by atoms with van der Waals surface area (Å²) < 4.78 is 0. The van der Waals surface area contributed by atoms with Crippen LogP contribution < -0.4 is 4.90 Å². The van der Waals surface area contributed by atoms with Crippen molar-refractivity contribution in [3.05, 3.63) is 47.7 Å². The van der Waals surface area contributed by atoms with Gasteiger partial charge in [-0.2, -0.15) is 0 Å². The van der Waals surface area contributed by atoms with Crippen LogP contribution >= 0.6 is 0 Å². The minimum atomic E-state index is 0.723. The number of aromatic nitrogens is 1. The van der Waals surface area contributed by atoms with E-state index in [4.69, 9.17) is 0 Å². The van der Waals surface area contributed by atoms with Gasteiger partial charge in [-0.15, -0.1) is 0 Å². The lowest BCUT2D eigenvalue weighted by Crippen LogP contribution is -3.11. The maximum atomic E-state index is 3.78. The Labute approximate surface area is 119 Å². The van der Waals surface area contributed by atoms with Crippen LogP contribution in [0.3, 0.4) is 0 Å². The summed E-state index contributed by atoms with van der Waals surface area (Å²) in [6.07, 6.45) is 8.66. The van der Waals surface area contributed by atoms with Gasteiger partial charge in [0.05, 0.1) is 18.8 Å². The molecule has 4 atom stereocenters. The lowest BCUT2D eigenvalue weighted by Gasteiger charge is -2.30. The Morgan fingerprint density at radius 1 is 1.10 bits per heavy atom. The minimum absolute atomic E-state index is 0.723. The van der Waals surface area contributed by atoms with Crippen molar-refractivity contribution < 1.29 is 4.90 Å². The molecule has 1 fully saturated rings. The summed E-state index contributed by atoms with van der Waals surface area (Å²) in [7, 11) is 0. The van der Waals surface area contributed by atoms with Gasteiger partial charge in [-0.25, -0.2) is 0 Å². The number of aromatic amines is 1. The molecule has 3 heterocycles. The molecule has 5 rings (SSSR count). The topological polar surface area (TPSA) is 20.2 Å². The summed E-state index contributed by atoms with van der Waals surface area (Å²) in [6.45, 7) is 2.71. The van der Waals surface area contributed by atoms with Crippen molar-refractivity contribution in [3.8, 4) is 0 Å². The molecule has 1 aromatic carbocycles. The van der Waals surface area contributed by atoms with E-state index >= 15 is 0 Å². The van der Waals surface area contributed by atoms with Gasteiger partial charge in [-0.3, -0.25) is 0 Å². The molecule has 0 bridgehead atoms. The number of rotatable bonds is 0. The maximum absolute atomic E-state index is 3.78. The highest BCUT2D eigenvalue weighted by atomic mass is 15.2. The van der Waals surface area contributed by atoms with Crippen LogP contribution in [0.2, 0.25) is 0 Å². The molecule has 1 aliphatic carbocycles. The molecule has 3 aliphatic rings. The number of para-hydroxylation sites is 1. The van der Waals surface area contributed by atoms with E-state index in [1.54, 1.807) is 11.3 Å². The van der Waals surface area contributed by atoms with Gasteiger partial charge >= 0.3 is 0 Å². The van der Waals surface area contributed by atoms with Crippen LogP contribution in [0.5, 0.6) is 0 Å². The van der Waals surface area contributed by atoms with Gasteiger partial charge in [0.2, 0.25) is 0 Å². The third kappa shape index (κ3) is 1.38. The monoisotopic (exact) mass is 265 g/mol. The molecule has 2 heteroatoms. The Balaban J connectivity index is 1.68. The summed E-state index contributed by atoms with van der Waals surface area (Å²) in [5.41, 5.74) is 4.52. The van der Waals surface area contributed by atoms with E-state index in [0.717, 1.165) is 17.9 Å². The van der Waals surface area contributed by atoms with Crippen molar-refractivity contribution in [2.75, 3.05) is 13.1 Å². The molecular weight excluding hydrogens is 244 g/mol. The number of benzene rings is 1. The van der Waals surface area contributed by atoms with Gasteiger partial charge in [0.25, 0.3) is 0 Å². The highest BCUT2D eigenvalue weighted by Gasteiger charge is 2.49. The van der Waals surface area contributed by atoms with E-state index < -0.39 is 0 Å². The Hall–Kier alpha value is -1.54. The van der Waals surface area contributed by atoms with E-state index in [0.29, 0.717) is 0 Å². The molecular formula is C18H21N2+. The maximum Gasteiger partial charge on any atom is 0.132 e. The van der Waals surface area contributed by atoms with E-state index in [-0.39, 0.29) is 0 Å². The average Bonchev–Trinajstić information content (AvgIpc) is 3.04. The fourth-order valence-corrected chi connectivity index (χ4v) is 5.02. The molecule has 0 amide bonds. The Kier molecular flexibility index (Phi) is 2.22. The van der Waals surface area contributed by atoms with Crippen LogP contribution in [-0.4, -0.2) is 18.1 Å². The van der Waals surface area contributed by atoms with E-state index in [1.807, 2.05) is 4.90 Å². The first-order chi connectivity index (χ1) is 9.92. The van der Waals surface area contributed by atoms with Crippen molar-refractivity contribution in [1.29, 1.82) is 0 Å². The SMILES string of the molecule is C1=CC[C@H]2[C@H](C1)C[NH+]1CCc3c([nH]c4ccccc34)[C@@H]21.